The molecule has 2 fully saturated rings. The van der Waals surface area contributed by atoms with Crippen molar-refractivity contribution < 1.29 is 17.0 Å². The minimum absolute atomic E-state index is 0.175. The maximum absolute atomic E-state index is 12.0. The Morgan fingerprint density at radius 3 is 2.55 bits per heavy atom. The number of Topliss-reactive ketones (excluding diaryl/α,β-unsaturated/α-hetero) is 1. The van der Waals surface area contributed by atoms with Gasteiger partial charge in [-0.15, -0.1) is 0 Å². The molecular formula is C24H36N2O3. The van der Waals surface area contributed by atoms with Crippen molar-refractivity contribution in [1.29, 1.82) is 0 Å². The molecule has 0 atom stereocenters. The summed E-state index contributed by atoms with van der Waals surface area (Å²) < 4.78 is 26.1. The summed E-state index contributed by atoms with van der Waals surface area (Å²) >= 11 is 0. The second kappa shape index (κ2) is 9.38. The summed E-state index contributed by atoms with van der Waals surface area (Å²) in [5.74, 6) is 3.02. The molecule has 1 aliphatic carbocycles. The number of ether oxygens (including phenoxy) is 2. The third kappa shape index (κ3) is 5.06. The fraction of sp³-hybridized carbons (Fsp3) is 0.708. The largest absolute Gasteiger partial charge is 0.454 e. The van der Waals surface area contributed by atoms with E-state index in [4.69, 9.17) is 12.2 Å². The lowest BCUT2D eigenvalue weighted by molar-refractivity contribution is -0.123. The van der Waals surface area contributed by atoms with Crippen LogP contribution in [0.25, 0.3) is 0 Å². The van der Waals surface area contributed by atoms with Gasteiger partial charge in [-0.25, -0.2) is 0 Å². The van der Waals surface area contributed by atoms with Crippen molar-refractivity contribution in [1.82, 2.24) is 4.90 Å². The molecule has 3 aliphatic rings. The highest BCUT2D eigenvalue weighted by Crippen LogP contribution is 2.41. The summed E-state index contributed by atoms with van der Waals surface area (Å²) in [5.41, 5.74) is 0.924. The molecular weight excluding hydrogens is 364 g/mol. The van der Waals surface area contributed by atoms with Gasteiger partial charge in [0.2, 0.25) is 6.75 Å². The van der Waals surface area contributed by atoms with E-state index in [1.807, 2.05) is 26.0 Å². The van der Waals surface area contributed by atoms with E-state index in [2.05, 4.69) is 9.80 Å². The van der Waals surface area contributed by atoms with Crippen LogP contribution in [0.5, 0.6) is 11.5 Å². The lowest BCUT2D eigenvalue weighted by Gasteiger charge is -2.37. The molecule has 0 N–H and O–H groups in total. The summed E-state index contributed by atoms with van der Waals surface area (Å²) in [6.07, 6.45) is 7.00. The van der Waals surface area contributed by atoms with Crippen LogP contribution >= 0.6 is 0 Å². The van der Waals surface area contributed by atoms with E-state index in [0.717, 1.165) is 50.7 Å². The predicted octanol–water partition coefficient (Wildman–Crippen LogP) is 4.35. The Morgan fingerprint density at radius 1 is 1.10 bits per heavy atom. The summed E-state index contributed by atoms with van der Waals surface area (Å²) in [6.45, 7) is 6.92. The van der Waals surface area contributed by atoms with Crippen molar-refractivity contribution in [3.05, 3.63) is 18.2 Å². The molecule has 2 aliphatic heterocycles. The third-order valence-corrected chi connectivity index (χ3v) is 6.92. The van der Waals surface area contributed by atoms with Crippen LogP contribution in [-0.2, 0) is 4.79 Å². The van der Waals surface area contributed by atoms with Gasteiger partial charge in [-0.3, -0.25) is 9.69 Å². The highest BCUT2D eigenvalue weighted by molar-refractivity contribution is 5.80. The zero-order chi connectivity index (χ0) is 22.0. The SMILES string of the molecule is [2H]C1([2H])Oc2cccc(N3CCN(CCC4CCC(CC(=O)C(C)C)CC4)CC3)c2O1. The minimum Gasteiger partial charge on any atom is -0.454 e. The molecule has 29 heavy (non-hydrogen) atoms. The summed E-state index contributed by atoms with van der Waals surface area (Å²) in [7, 11) is 0. The van der Waals surface area contributed by atoms with Gasteiger partial charge in [-0.2, -0.15) is 0 Å². The molecule has 1 saturated carbocycles. The van der Waals surface area contributed by atoms with Gasteiger partial charge in [0.1, 0.15) is 8.52 Å². The average molecular weight is 403 g/mol. The molecule has 1 aromatic rings. The van der Waals surface area contributed by atoms with Crippen molar-refractivity contribution in [3.8, 4) is 11.5 Å². The van der Waals surface area contributed by atoms with Crippen LogP contribution in [0.2, 0.25) is 0 Å². The predicted molar refractivity (Wildman–Crippen MR) is 116 cm³/mol. The smallest absolute Gasteiger partial charge is 0.231 e. The molecule has 0 spiro atoms. The van der Waals surface area contributed by atoms with Gasteiger partial charge < -0.3 is 14.4 Å². The van der Waals surface area contributed by atoms with Crippen molar-refractivity contribution in [2.45, 2.75) is 52.4 Å². The van der Waals surface area contributed by atoms with E-state index < -0.39 is 6.75 Å². The molecule has 0 radical (unpaired) electrons. The molecule has 1 aromatic carbocycles. The lowest BCUT2D eigenvalue weighted by Crippen LogP contribution is -2.47. The Bertz CT molecular complexity index is 770. The molecule has 4 rings (SSSR count). The summed E-state index contributed by atoms with van der Waals surface area (Å²) in [6, 6.07) is 5.64. The first-order valence-electron chi connectivity index (χ1n) is 12.3. The number of hydrogen-bond acceptors (Lipinski definition) is 5. The van der Waals surface area contributed by atoms with Gasteiger partial charge in [-0.1, -0.05) is 32.8 Å². The van der Waals surface area contributed by atoms with Crippen molar-refractivity contribution in [3.63, 3.8) is 0 Å². The van der Waals surface area contributed by atoms with E-state index in [1.54, 1.807) is 6.07 Å². The lowest BCUT2D eigenvalue weighted by atomic mass is 9.78. The average Bonchev–Trinajstić information content (AvgIpc) is 3.07. The fourth-order valence-corrected chi connectivity index (χ4v) is 4.87. The number of ketones is 1. The number of piperazine rings is 1. The normalized spacial score (nSPS) is 27.6. The monoisotopic (exact) mass is 402 g/mol. The topological polar surface area (TPSA) is 42.0 Å². The zero-order valence-electron chi connectivity index (χ0n) is 19.9. The van der Waals surface area contributed by atoms with Gasteiger partial charge >= 0.3 is 0 Å². The quantitative estimate of drug-likeness (QED) is 0.678. The number of carbonyl (C=O) groups excluding carboxylic acids is 1. The first kappa shape index (κ1) is 18.1. The maximum Gasteiger partial charge on any atom is 0.231 e. The van der Waals surface area contributed by atoms with Crippen molar-refractivity contribution >= 4 is 11.5 Å². The number of anilines is 1. The van der Waals surface area contributed by atoms with Crippen LogP contribution < -0.4 is 14.4 Å². The van der Waals surface area contributed by atoms with Crippen LogP contribution in [0, 0.1) is 17.8 Å². The molecule has 5 nitrogen and oxygen atoms in total. The number of rotatable bonds is 7. The van der Waals surface area contributed by atoms with Gasteiger partial charge in [0, 0.05) is 38.5 Å². The van der Waals surface area contributed by atoms with Crippen LogP contribution in [0.3, 0.4) is 0 Å². The second-order valence-corrected chi connectivity index (χ2v) is 9.22. The summed E-state index contributed by atoms with van der Waals surface area (Å²) in [4.78, 5) is 16.8. The van der Waals surface area contributed by atoms with Gasteiger partial charge in [-0.05, 0) is 49.8 Å². The molecule has 5 heteroatoms. The third-order valence-electron chi connectivity index (χ3n) is 6.92. The number of nitrogens with zero attached hydrogens (tertiary/aromatic N) is 2. The standard InChI is InChI=1S/C24H36N2O3/c1-18(2)22(27)16-20-8-6-19(7-9-20)10-11-25-12-14-26(15-13-25)21-4-3-5-23-24(21)29-17-28-23/h3-5,18-20H,6-17H2,1-2H3/i17D2. The molecule has 0 aromatic heterocycles. The van der Waals surface area contributed by atoms with E-state index in [-0.39, 0.29) is 5.92 Å². The molecule has 0 unspecified atom stereocenters. The Kier molecular flexibility index (Phi) is 5.84. The van der Waals surface area contributed by atoms with Crippen molar-refractivity contribution in [2.24, 2.45) is 17.8 Å². The van der Waals surface area contributed by atoms with Crippen LogP contribution in [0.15, 0.2) is 18.2 Å². The Balaban J connectivity index is 1.19. The number of benzene rings is 1. The van der Waals surface area contributed by atoms with Gasteiger partial charge in [0.05, 0.1) is 5.69 Å². The number of carbonyl (C=O) groups is 1. The first-order chi connectivity index (χ1) is 14.8. The molecule has 160 valence electrons. The fourth-order valence-electron chi connectivity index (χ4n) is 4.87. The van der Waals surface area contributed by atoms with Crippen molar-refractivity contribution in [2.75, 3.05) is 44.4 Å². The van der Waals surface area contributed by atoms with Crippen LogP contribution in [-0.4, -0.2) is 50.2 Å². The van der Waals surface area contributed by atoms with E-state index in [0.29, 0.717) is 23.2 Å². The molecule has 1 saturated heterocycles. The maximum atomic E-state index is 12.0. The van der Waals surface area contributed by atoms with E-state index >= 15 is 0 Å². The van der Waals surface area contributed by atoms with Crippen LogP contribution in [0.1, 0.15) is 55.1 Å². The zero-order valence-corrected chi connectivity index (χ0v) is 17.9. The highest BCUT2D eigenvalue weighted by atomic mass is 16.7. The Morgan fingerprint density at radius 2 is 1.83 bits per heavy atom. The van der Waals surface area contributed by atoms with Gasteiger partial charge in [0.25, 0.3) is 0 Å². The first-order valence-corrected chi connectivity index (χ1v) is 11.3. The number of para-hydroxylation sites is 1. The van der Waals surface area contributed by atoms with Crippen LogP contribution in [0.4, 0.5) is 5.69 Å². The minimum atomic E-state index is -2.08. The van der Waals surface area contributed by atoms with E-state index in [1.165, 1.54) is 32.1 Å². The molecule has 0 amide bonds. The van der Waals surface area contributed by atoms with Gasteiger partial charge in [0.15, 0.2) is 11.5 Å². The molecule has 0 bridgehead atoms. The number of hydrogen-bond donors (Lipinski definition) is 0. The van der Waals surface area contributed by atoms with E-state index in [9.17, 15) is 4.79 Å². The second-order valence-electron chi connectivity index (χ2n) is 9.22. The number of fused-ring (bicyclic) bond motifs is 1. The Labute approximate surface area is 178 Å². The molecule has 2 heterocycles. The summed E-state index contributed by atoms with van der Waals surface area (Å²) in [5, 5.41) is 0. The Hall–Kier alpha value is -1.75. The highest BCUT2D eigenvalue weighted by Gasteiger charge is 2.26.